The molecule has 0 spiro atoms. The normalized spacial score (nSPS) is 8.00. The zero-order chi connectivity index (χ0) is 16.9. The third kappa shape index (κ3) is 598. The van der Waals surface area contributed by atoms with Crippen molar-refractivity contribution in [3.8, 4) is 0 Å². The van der Waals surface area contributed by atoms with Gasteiger partial charge >= 0.3 is 0 Å². The van der Waals surface area contributed by atoms with Crippen LogP contribution in [-0.4, -0.2) is 6.54 Å². The molecule has 2 N–H and O–H groups in total. The van der Waals surface area contributed by atoms with Gasteiger partial charge in [-0.25, -0.2) is 0 Å². The Labute approximate surface area is 126 Å². The summed E-state index contributed by atoms with van der Waals surface area (Å²) in [4.78, 5) is 0. The van der Waals surface area contributed by atoms with Crippen molar-refractivity contribution in [2.75, 3.05) is 6.54 Å². The van der Waals surface area contributed by atoms with E-state index in [1.807, 2.05) is 20.8 Å². The molecule has 0 heterocycles. The van der Waals surface area contributed by atoms with Gasteiger partial charge in [0.1, 0.15) is 0 Å². The Morgan fingerprint density at radius 3 is 0.895 bits per heavy atom. The van der Waals surface area contributed by atoms with Gasteiger partial charge in [-0.3, -0.25) is 0 Å². The molecule has 0 aliphatic heterocycles. The van der Waals surface area contributed by atoms with Gasteiger partial charge in [-0.15, -0.1) is 6.58 Å². The maximum Gasteiger partial charge on any atom is -0.0106 e. The Hall–Kier alpha value is -0.300. The Morgan fingerprint density at radius 1 is 0.842 bits per heavy atom. The van der Waals surface area contributed by atoms with Crippen molar-refractivity contribution in [1.29, 1.82) is 0 Å². The highest BCUT2D eigenvalue weighted by Gasteiger charge is 2.03. The lowest BCUT2D eigenvalue weighted by molar-refractivity contribution is 0.398. The molecular formula is C18H45N. The van der Waals surface area contributed by atoms with Crippen LogP contribution < -0.4 is 5.73 Å². The van der Waals surface area contributed by atoms with Crippen molar-refractivity contribution < 1.29 is 0 Å². The van der Waals surface area contributed by atoms with E-state index in [1.165, 1.54) is 24.8 Å². The molecule has 0 unspecified atom stereocenters. The standard InChI is InChI=1S/C6H14.C4H8.2C3H8.C2H7N/c1-5-6(2,3)4;1-4(2)3;2*1-3-2;1-2-3/h5H2,1-4H3;1H2,2-3H3;2*3H2,1-2H3;2-3H2,1H3. The first-order valence-electron chi connectivity index (χ1n) is 7.86. The molecule has 1 heteroatoms. The first-order valence-corrected chi connectivity index (χ1v) is 7.86. The number of hydrogen-bond donors (Lipinski definition) is 1. The molecule has 0 saturated heterocycles. The van der Waals surface area contributed by atoms with Crippen LogP contribution in [0.15, 0.2) is 12.2 Å². The molecule has 0 saturated carbocycles. The van der Waals surface area contributed by atoms with Crippen LogP contribution in [0.3, 0.4) is 0 Å². The van der Waals surface area contributed by atoms with Gasteiger partial charge in [-0.2, -0.15) is 0 Å². The van der Waals surface area contributed by atoms with Gasteiger partial charge < -0.3 is 5.73 Å². The minimum atomic E-state index is 0.542. The molecule has 0 aliphatic carbocycles. The van der Waals surface area contributed by atoms with Crippen molar-refractivity contribution >= 4 is 0 Å². The van der Waals surface area contributed by atoms with Crippen LogP contribution in [0, 0.1) is 5.41 Å². The van der Waals surface area contributed by atoms with Gasteiger partial charge in [0.15, 0.2) is 0 Å². The molecule has 19 heavy (non-hydrogen) atoms. The number of rotatable bonds is 0. The van der Waals surface area contributed by atoms with Crippen LogP contribution in [0.1, 0.15) is 95.4 Å². The van der Waals surface area contributed by atoms with E-state index in [1.54, 1.807) is 0 Å². The van der Waals surface area contributed by atoms with Gasteiger partial charge in [0.25, 0.3) is 0 Å². The maximum absolute atomic E-state index is 4.85. The van der Waals surface area contributed by atoms with Gasteiger partial charge in [-0.1, -0.05) is 87.1 Å². The summed E-state index contributed by atoms with van der Waals surface area (Å²) in [6.45, 7) is 27.6. The van der Waals surface area contributed by atoms with Gasteiger partial charge in [0.2, 0.25) is 0 Å². The summed E-state index contributed by atoms with van der Waals surface area (Å²) in [5.74, 6) is 0. The molecule has 0 amide bonds. The fourth-order valence-electron chi connectivity index (χ4n) is 0. The Balaban J connectivity index is -0.0000000448. The quantitative estimate of drug-likeness (QED) is 0.482. The van der Waals surface area contributed by atoms with Crippen LogP contribution in [0.2, 0.25) is 0 Å². The molecule has 122 valence electrons. The molecule has 0 bridgehead atoms. The van der Waals surface area contributed by atoms with Crippen molar-refractivity contribution in [3.63, 3.8) is 0 Å². The van der Waals surface area contributed by atoms with E-state index in [2.05, 4.69) is 62.0 Å². The molecule has 0 fully saturated rings. The predicted octanol–water partition coefficient (Wildman–Crippen LogP) is 6.82. The van der Waals surface area contributed by atoms with Crippen LogP contribution in [-0.2, 0) is 0 Å². The van der Waals surface area contributed by atoms with Crippen LogP contribution in [0.25, 0.3) is 0 Å². The highest BCUT2D eigenvalue weighted by atomic mass is 14.5. The molecule has 0 rings (SSSR count). The van der Waals surface area contributed by atoms with Crippen LogP contribution in [0.4, 0.5) is 0 Å². The molecule has 0 aromatic rings. The summed E-state index contributed by atoms with van der Waals surface area (Å²) in [5.41, 5.74) is 6.56. The highest BCUT2D eigenvalue weighted by molar-refractivity contribution is 4.78. The Kier molecular flexibility index (Phi) is 50.3. The van der Waals surface area contributed by atoms with E-state index in [9.17, 15) is 0 Å². The van der Waals surface area contributed by atoms with E-state index in [-0.39, 0.29) is 0 Å². The lowest BCUT2D eigenvalue weighted by Crippen LogP contribution is -2.00. The van der Waals surface area contributed by atoms with Crippen molar-refractivity contribution in [1.82, 2.24) is 0 Å². The summed E-state index contributed by atoms with van der Waals surface area (Å²) in [7, 11) is 0. The van der Waals surface area contributed by atoms with Crippen molar-refractivity contribution in [2.45, 2.75) is 95.4 Å². The minimum Gasteiger partial charge on any atom is -0.331 e. The van der Waals surface area contributed by atoms with E-state index < -0.39 is 0 Å². The fourth-order valence-corrected chi connectivity index (χ4v) is 0. The zero-order valence-corrected chi connectivity index (χ0v) is 16.1. The third-order valence-corrected chi connectivity index (χ3v) is 1.06. The topological polar surface area (TPSA) is 26.0 Å². The Bertz CT molecular complexity index is 111. The summed E-state index contributed by atoms with van der Waals surface area (Å²) in [6, 6.07) is 0. The van der Waals surface area contributed by atoms with Gasteiger partial charge in [0.05, 0.1) is 0 Å². The molecule has 0 radical (unpaired) electrons. The van der Waals surface area contributed by atoms with E-state index >= 15 is 0 Å². The average Bonchev–Trinajstić information content (AvgIpc) is 2.19. The maximum atomic E-state index is 4.85. The molecule has 0 aliphatic rings. The summed E-state index contributed by atoms with van der Waals surface area (Å²) >= 11 is 0. The lowest BCUT2D eigenvalue weighted by Gasteiger charge is -2.12. The second kappa shape index (κ2) is 30.6. The Morgan fingerprint density at radius 2 is 0.895 bits per heavy atom. The lowest BCUT2D eigenvalue weighted by atomic mass is 9.94. The SMILES string of the molecule is C=C(C)C.CCC.CCC.CCC(C)(C)C.CCN. The van der Waals surface area contributed by atoms with Crippen molar-refractivity contribution in [3.05, 3.63) is 12.2 Å². The second-order valence-electron chi connectivity index (χ2n) is 5.94. The zero-order valence-electron chi connectivity index (χ0n) is 16.1. The average molecular weight is 276 g/mol. The molecule has 0 aromatic carbocycles. The van der Waals surface area contributed by atoms with Crippen LogP contribution >= 0.6 is 0 Å². The van der Waals surface area contributed by atoms with E-state index in [0.717, 1.165) is 6.54 Å². The number of allylic oxidation sites excluding steroid dienone is 1. The summed E-state index contributed by atoms with van der Waals surface area (Å²) in [6.07, 6.45) is 3.77. The van der Waals surface area contributed by atoms with Crippen molar-refractivity contribution in [2.24, 2.45) is 11.1 Å². The molecule has 0 atom stereocenters. The fraction of sp³-hybridized carbons (Fsp3) is 0.889. The number of nitrogens with two attached hydrogens (primary N) is 1. The third-order valence-electron chi connectivity index (χ3n) is 1.06. The first kappa shape index (κ1) is 31.2. The van der Waals surface area contributed by atoms with Gasteiger partial charge in [-0.05, 0) is 25.8 Å². The summed E-state index contributed by atoms with van der Waals surface area (Å²) in [5, 5.41) is 0. The first-order chi connectivity index (χ1) is 8.54. The van der Waals surface area contributed by atoms with E-state index in [0.29, 0.717) is 5.41 Å². The smallest absolute Gasteiger partial charge is 0.0106 e. The molecule has 1 nitrogen and oxygen atoms in total. The predicted molar refractivity (Wildman–Crippen MR) is 96.9 cm³/mol. The monoisotopic (exact) mass is 275 g/mol. The van der Waals surface area contributed by atoms with E-state index in [4.69, 9.17) is 5.73 Å². The largest absolute Gasteiger partial charge is 0.331 e. The van der Waals surface area contributed by atoms with Gasteiger partial charge in [0, 0.05) is 0 Å². The minimum absolute atomic E-state index is 0.542. The number of hydrogen-bond acceptors (Lipinski definition) is 1. The molecular weight excluding hydrogens is 230 g/mol. The molecule has 0 aromatic heterocycles. The highest BCUT2D eigenvalue weighted by Crippen LogP contribution is 2.16. The second-order valence-corrected chi connectivity index (χ2v) is 5.94. The van der Waals surface area contributed by atoms with Crippen LogP contribution in [0.5, 0.6) is 0 Å². The summed E-state index contributed by atoms with van der Waals surface area (Å²) < 4.78 is 0.